The van der Waals surface area contributed by atoms with Crippen LogP contribution in [0, 0.1) is 0 Å². The van der Waals surface area contributed by atoms with Gasteiger partial charge in [0.15, 0.2) is 0 Å². The third-order valence-corrected chi connectivity index (χ3v) is 3.27. The summed E-state index contributed by atoms with van der Waals surface area (Å²) in [5.74, 6) is -0.0139. The maximum atomic E-state index is 11.6. The van der Waals surface area contributed by atoms with Gasteiger partial charge in [-0.1, -0.05) is 19.3 Å². The summed E-state index contributed by atoms with van der Waals surface area (Å²) in [6.45, 7) is 1.48. The number of nitrogens with one attached hydrogen (secondary N) is 3. The molecule has 0 spiro atoms. The third kappa shape index (κ3) is 8.98. The van der Waals surface area contributed by atoms with Gasteiger partial charge in [0.05, 0.1) is 0 Å². The van der Waals surface area contributed by atoms with Crippen molar-refractivity contribution in [3.8, 4) is 0 Å². The van der Waals surface area contributed by atoms with Crippen molar-refractivity contribution in [1.29, 1.82) is 0 Å². The van der Waals surface area contributed by atoms with Gasteiger partial charge in [-0.15, -0.1) is 12.4 Å². The van der Waals surface area contributed by atoms with Crippen molar-refractivity contribution < 1.29 is 9.59 Å². The number of nitrogens with two attached hydrogens (primary N) is 1. The highest BCUT2D eigenvalue weighted by Gasteiger charge is 2.15. The third-order valence-electron chi connectivity index (χ3n) is 3.27. The zero-order valence-corrected chi connectivity index (χ0v) is 12.8. The van der Waals surface area contributed by atoms with Crippen LogP contribution < -0.4 is 21.7 Å². The summed E-state index contributed by atoms with van der Waals surface area (Å²) < 4.78 is 0. The predicted molar refractivity (Wildman–Crippen MR) is 82.0 cm³/mol. The van der Waals surface area contributed by atoms with Crippen LogP contribution in [0.15, 0.2) is 0 Å². The van der Waals surface area contributed by atoms with Crippen LogP contribution in [-0.2, 0) is 4.79 Å². The Morgan fingerprint density at radius 2 is 1.75 bits per heavy atom. The largest absolute Gasteiger partial charge is 0.355 e. The predicted octanol–water partition coefficient (Wildman–Crippen LogP) is 0.895. The molecule has 1 rings (SSSR count). The van der Waals surface area contributed by atoms with E-state index in [4.69, 9.17) is 5.73 Å². The number of carbonyl (C=O) groups excluding carboxylic acids is 2. The highest BCUT2D eigenvalue weighted by Crippen LogP contribution is 2.16. The van der Waals surface area contributed by atoms with E-state index in [1.54, 1.807) is 0 Å². The molecule has 5 N–H and O–H groups in total. The molecule has 0 radical (unpaired) electrons. The Balaban J connectivity index is 0.00000361. The van der Waals surface area contributed by atoms with Gasteiger partial charge in [-0.3, -0.25) is 4.79 Å². The molecular formula is C13H27ClN4O2. The minimum absolute atomic E-state index is 0. The second-order valence-corrected chi connectivity index (χ2v) is 4.98. The SMILES string of the molecule is Cl.NCCNC(=O)CCCNC(=O)NC1CCCCC1. The Morgan fingerprint density at radius 1 is 1.05 bits per heavy atom. The Morgan fingerprint density at radius 3 is 2.40 bits per heavy atom. The highest BCUT2D eigenvalue weighted by atomic mass is 35.5. The molecule has 0 heterocycles. The lowest BCUT2D eigenvalue weighted by Crippen LogP contribution is -2.43. The summed E-state index contributed by atoms with van der Waals surface area (Å²) in [7, 11) is 0. The molecule has 0 aromatic rings. The van der Waals surface area contributed by atoms with E-state index in [9.17, 15) is 9.59 Å². The van der Waals surface area contributed by atoms with E-state index < -0.39 is 0 Å². The van der Waals surface area contributed by atoms with Gasteiger partial charge >= 0.3 is 6.03 Å². The molecule has 3 amide bonds. The van der Waals surface area contributed by atoms with Crippen molar-refractivity contribution in [2.45, 2.75) is 51.0 Å². The summed E-state index contributed by atoms with van der Waals surface area (Å²) in [6.07, 6.45) is 6.90. The lowest BCUT2D eigenvalue weighted by atomic mass is 9.96. The van der Waals surface area contributed by atoms with Crippen LogP contribution in [0.1, 0.15) is 44.9 Å². The van der Waals surface area contributed by atoms with Crippen LogP contribution >= 0.6 is 12.4 Å². The number of hydrogen-bond acceptors (Lipinski definition) is 3. The fraction of sp³-hybridized carbons (Fsp3) is 0.846. The monoisotopic (exact) mass is 306 g/mol. The van der Waals surface area contributed by atoms with E-state index in [1.807, 2.05) is 0 Å². The van der Waals surface area contributed by atoms with Gasteiger partial charge in [-0.05, 0) is 19.3 Å². The minimum Gasteiger partial charge on any atom is -0.355 e. The molecule has 1 saturated carbocycles. The van der Waals surface area contributed by atoms with Crippen LogP contribution in [-0.4, -0.2) is 37.6 Å². The zero-order valence-electron chi connectivity index (χ0n) is 12.0. The Bertz CT molecular complexity index is 284. The molecule has 0 aliphatic heterocycles. The maximum absolute atomic E-state index is 11.6. The maximum Gasteiger partial charge on any atom is 0.315 e. The Labute approximate surface area is 127 Å². The van der Waals surface area contributed by atoms with Gasteiger partial charge in [0, 0.05) is 32.1 Å². The van der Waals surface area contributed by atoms with Gasteiger partial charge in [-0.2, -0.15) is 0 Å². The first-order valence-electron chi connectivity index (χ1n) is 7.23. The van der Waals surface area contributed by atoms with Crippen LogP contribution in [0.4, 0.5) is 4.79 Å². The molecule has 1 fully saturated rings. The smallest absolute Gasteiger partial charge is 0.315 e. The van der Waals surface area contributed by atoms with E-state index >= 15 is 0 Å². The normalized spacial score (nSPS) is 15.1. The molecule has 0 unspecified atom stereocenters. The quantitative estimate of drug-likeness (QED) is 0.526. The average Bonchev–Trinajstić information content (AvgIpc) is 2.42. The highest BCUT2D eigenvalue weighted by molar-refractivity contribution is 5.85. The summed E-state index contributed by atoms with van der Waals surface area (Å²) >= 11 is 0. The summed E-state index contributed by atoms with van der Waals surface area (Å²) in [6, 6.07) is 0.205. The van der Waals surface area contributed by atoms with Crippen molar-refractivity contribution in [3.63, 3.8) is 0 Å². The minimum atomic E-state index is -0.116. The molecule has 1 aliphatic rings. The number of urea groups is 1. The summed E-state index contributed by atoms with van der Waals surface area (Å²) in [5.41, 5.74) is 5.28. The van der Waals surface area contributed by atoms with E-state index in [0.717, 1.165) is 12.8 Å². The second kappa shape index (κ2) is 11.8. The van der Waals surface area contributed by atoms with Crippen LogP contribution in [0.2, 0.25) is 0 Å². The van der Waals surface area contributed by atoms with Gasteiger partial charge in [0.2, 0.25) is 5.91 Å². The molecule has 0 aromatic heterocycles. The lowest BCUT2D eigenvalue weighted by molar-refractivity contribution is -0.121. The Hall–Kier alpha value is -1.01. The molecule has 0 aromatic carbocycles. The van der Waals surface area contributed by atoms with Crippen molar-refractivity contribution in [2.24, 2.45) is 5.73 Å². The lowest BCUT2D eigenvalue weighted by Gasteiger charge is -2.22. The zero-order chi connectivity index (χ0) is 13.9. The fourth-order valence-electron chi connectivity index (χ4n) is 2.23. The number of carbonyl (C=O) groups is 2. The average molecular weight is 307 g/mol. The van der Waals surface area contributed by atoms with Crippen molar-refractivity contribution in [2.75, 3.05) is 19.6 Å². The summed E-state index contributed by atoms with van der Waals surface area (Å²) in [5, 5.41) is 8.45. The van der Waals surface area contributed by atoms with Crippen molar-refractivity contribution >= 4 is 24.3 Å². The molecule has 118 valence electrons. The van der Waals surface area contributed by atoms with Gasteiger partial charge < -0.3 is 21.7 Å². The van der Waals surface area contributed by atoms with Crippen molar-refractivity contribution in [1.82, 2.24) is 16.0 Å². The van der Waals surface area contributed by atoms with E-state index in [0.29, 0.717) is 38.5 Å². The van der Waals surface area contributed by atoms with E-state index in [2.05, 4.69) is 16.0 Å². The summed E-state index contributed by atoms with van der Waals surface area (Å²) in [4.78, 5) is 22.9. The molecule has 0 atom stereocenters. The number of hydrogen-bond donors (Lipinski definition) is 4. The molecule has 20 heavy (non-hydrogen) atoms. The van der Waals surface area contributed by atoms with Crippen LogP contribution in [0.5, 0.6) is 0 Å². The van der Waals surface area contributed by atoms with Crippen LogP contribution in [0.25, 0.3) is 0 Å². The van der Waals surface area contributed by atoms with Crippen LogP contribution in [0.3, 0.4) is 0 Å². The molecule has 6 nitrogen and oxygen atoms in total. The molecule has 0 bridgehead atoms. The fourth-order valence-corrected chi connectivity index (χ4v) is 2.23. The topological polar surface area (TPSA) is 96.2 Å². The van der Waals surface area contributed by atoms with E-state index in [1.165, 1.54) is 19.3 Å². The molecule has 1 aliphatic carbocycles. The molecule has 0 saturated heterocycles. The van der Waals surface area contributed by atoms with Gasteiger partial charge in [-0.25, -0.2) is 4.79 Å². The number of rotatable bonds is 7. The van der Waals surface area contributed by atoms with Gasteiger partial charge in [0.25, 0.3) is 0 Å². The standard InChI is InChI=1S/C13H26N4O2.ClH/c14-8-10-15-12(18)7-4-9-16-13(19)17-11-5-2-1-3-6-11;/h11H,1-10,14H2,(H,15,18)(H2,16,17,19);1H. The first kappa shape index (κ1) is 19.0. The Kier molecular flexibility index (Phi) is 11.2. The molecule has 7 heteroatoms. The number of amides is 3. The second-order valence-electron chi connectivity index (χ2n) is 4.98. The molecular weight excluding hydrogens is 280 g/mol. The van der Waals surface area contributed by atoms with Crippen molar-refractivity contribution in [3.05, 3.63) is 0 Å². The van der Waals surface area contributed by atoms with E-state index in [-0.39, 0.29) is 24.3 Å². The number of halogens is 1. The van der Waals surface area contributed by atoms with Gasteiger partial charge in [0.1, 0.15) is 0 Å². The first-order valence-corrected chi connectivity index (χ1v) is 7.23. The first-order chi connectivity index (χ1) is 9.22.